The van der Waals surface area contributed by atoms with Crippen LogP contribution in [0.4, 0.5) is 5.69 Å². The molecule has 100 valence electrons. The van der Waals surface area contributed by atoms with Crippen LogP contribution in [0.25, 0.3) is 0 Å². The Labute approximate surface area is 128 Å². The van der Waals surface area contributed by atoms with Crippen LogP contribution in [-0.4, -0.2) is 11.1 Å². The first-order valence-electron chi connectivity index (χ1n) is 6.43. The Bertz CT molecular complexity index is 507. The van der Waals surface area contributed by atoms with Crippen LogP contribution < -0.4 is 5.32 Å². The molecular weight excluding hydrogens is 349 g/mol. The highest BCUT2D eigenvalue weighted by Gasteiger charge is 2.03. The number of phenols is 1. The van der Waals surface area contributed by atoms with E-state index >= 15 is 0 Å². The Balaban J connectivity index is 1.82. The summed E-state index contributed by atoms with van der Waals surface area (Å²) in [5, 5.41) is 12.7. The van der Waals surface area contributed by atoms with E-state index in [0.717, 1.165) is 12.8 Å². The fourth-order valence-electron chi connectivity index (χ4n) is 1.95. The summed E-state index contributed by atoms with van der Waals surface area (Å²) in [6.45, 7) is 2.19. The quantitative estimate of drug-likeness (QED) is 0.767. The first-order valence-corrected chi connectivity index (χ1v) is 7.51. The number of anilines is 1. The molecule has 2 nitrogen and oxygen atoms in total. The van der Waals surface area contributed by atoms with Crippen LogP contribution in [0.2, 0.25) is 0 Å². The molecule has 1 unspecified atom stereocenters. The molecule has 2 N–H and O–H groups in total. The first kappa shape index (κ1) is 14.2. The monoisotopic (exact) mass is 367 g/mol. The van der Waals surface area contributed by atoms with Gasteiger partial charge in [0, 0.05) is 15.3 Å². The van der Waals surface area contributed by atoms with Gasteiger partial charge < -0.3 is 10.4 Å². The molecule has 2 rings (SSSR count). The van der Waals surface area contributed by atoms with Crippen molar-refractivity contribution in [3.63, 3.8) is 0 Å². The highest BCUT2D eigenvalue weighted by molar-refractivity contribution is 14.1. The molecular formula is C16H18INO. The molecule has 0 aromatic heterocycles. The summed E-state index contributed by atoms with van der Waals surface area (Å²) in [5.41, 5.74) is 2.42. The number of halogens is 1. The number of hydrogen-bond acceptors (Lipinski definition) is 2. The fraction of sp³-hybridized carbons (Fsp3) is 0.250. The fourth-order valence-corrected chi connectivity index (χ4v) is 2.31. The van der Waals surface area contributed by atoms with E-state index in [0.29, 0.717) is 11.8 Å². The molecule has 0 saturated heterocycles. The second-order valence-electron chi connectivity index (χ2n) is 4.76. The average Bonchev–Trinajstić information content (AvgIpc) is 2.41. The lowest BCUT2D eigenvalue weighted by Crippen LogP contribution is -2.15. The smallest absolute Gasteiger partial charge is 0.115 e. The summed E-state index contributed by atoms with van der Waals surface area (Å²) in [7, 11) is 0. The molecule has 0 spiro atoms. The highest BCUT2D eigenvalue weighted by atomic mass is 127. The number of hydrogen-bond donors (Lipinski definition) is 2. The lowest BCUT2D eigenvalue weighted by atomic mass is 10.1. The van der Waals surface area contributed by atoms with E-state index in [2.05, 4.69) is 59.1 Å². The molecule has 0 bridgehead atoms. The molecule has 2 aromatic carbocycles. The van der Waals surface area contributed by atoms with Crippen LogP contribution in [0.15, 0.2) is 48.5 Å². The standard InChI is InChI=1S/C16H18INO/c1-12(18-15-8-6-14(17)7-9-15)2-3-13-4-10-16(19)11-5-13/h4-12,18-19H,2-3H2,1H3. The van der Waals surface area contributed by atoms with Gasteiger partial charge in [-0.15, -0.1) is 0 Å². The third-order valence-electron chi connectivity index (χ3n) is 3.06. The van der Waals surface area contributed by atoms with Gasteiger partial charge in [0.05, 0.1) is 0 Å². The van der Waals surface area contributed by atoms with E-state index in [9.17, 15) is 5.11 Å². The Morgan fingerprint density at radius 1 is 1.05 bits per heavy atom. The lowest BCUT2D eigenvalue weighted by Gasteiger charge is -2.15. The van der Waals surface area contributed by atoms with Crippen molar-refractivity contribution in [1.29, 1.82) is 0 Å². The van der Waals surface area contributed by atoms with Gasteiger partial charge in [-0.25, -0.2) is 0 Å². The third kappa shape index (κ3) is 4.74. The van der Waals surface area contributed by atoms with Crippen LogP contribution in [0.1, 0.15) is 18.9 Å². The van der Waals surface area contributed by atoms with Crippen LogP contribution in [-0.2, 0) is 6.42 Å². The van der Waals surface area contributed by atoms with E-state index in [1.807, 2.05) is 12.1 Å². The van der Waals surface area contributed by atoms with Gasteiger partial charge in [0.25, 0.3) is 0 Å². The normalized spacial score (nSPS) is 12.1. The number of benzene rings is 2. The Kier molecular flexibility index (Phi) is 5.07. The summed E-state index contributed by atoms with van der Waals surface area (Å²) in [6.07, 6.45) is 2.08. The van der Waals surface area contributed by atoms with Crippen molar-refractivity contribution < 1.29 is 5.11 Å². The van der Waals surface area contributed by atoms with Gasteiger partial charge in [-0.1, -0.05) is 12.1 Å². The molecule has 0 aliphatic heterocycles. The Morgan fingerprint density at radius 2 is 1.68 bits per heavy atom. The minimum absolute atomic E-state index is 0.328. The van der Waals surface area contributed by atoms with Crippen LogP contribution in [0.5, 0.6) is 5.75 Å². The molecule has 0 aliphatic rings. The van der Waals surface area contributed by atoms with Gasteiger partial charge in [0.2, 0.25) is 0 Å². The number of aromatic hydroxyl groups is 1. The predicted octanol–water partition coefficient (Wildman–Crippen LogP) is 4.43. The van der Waals surface area contributed by atoms with Gasteiger partial charge in [0.1, 0.15) is 5.75 Å². The van der Waals surface area contributed by atoms with Crippen molar-refractivity contribution >= 4 is 28.3 Å². The van der Waals surface area contributed by atoms with Crippen molar-refractivity contribution in [3.05, 3.63) is 57.7 Å². The summed E-state index contributed by atoms with van der Waals surface area (Å²) in [6, 6.07) is 16.3. The van der Waals surface area contributed by atoms with Crippen LogP contribution >= 0.6 is 22.6 Å². The van der Waals surface area contributed by atoms with E-state index in [-0.39, 0.29) is 0 Å². The number of phenolic OH excluding ortho intramolecular Hbond substituents is 1. The molecule has 0 aliphatic carbocycles. The first-order chi connectivity index (χ1) is 9.13. The minimum atomic E-state index is 0.328. The van der Waals surface area contributed by atoms with Crippen LogP contribution in [0.3, 0.4) is 0 Å². The van der Waals surface area contributed by atoms with Crippen molar-refractivity contribution in [1.82, 2.24) is 0 Å². The van der Waals surface area contributed by atoms with Crippen molar-refractivity contribution in [2.75, 3.05) is 5.32 Å². The summed E-state index contributed by atoms with van der Waals surface area (Å²) >= 11 is 2.31. The lowest BCUT2D eigenvalue weighted by molar-refractivity contribution is 0.475. The second-order valence-corrected chi connectivity index (χ2v) is 6.00. The SMILES string of the molecule is CC(CCc1ccc(O)cc1)Nc1ccc(I)cc1. The molecule has 1 atom stereocenters. The third-order valence-corrected chi connectivity index (χ3v) is 3.78. The Morgan fingerprint density at radius 3 is 2.32 bits per heavy atom. The molecule has 19 heavy (non-hydrogen) atoms. The number of rotatable bonds is 5. The zero-order chi connectivity index (χ0) is 13.7. The van der Waals surface area contributed by atoms with Crippen molar-refractivity contribution in [3.8, 4) is 5.75 Å². The number of aryl methyl sites for hydroxylation is 1. The Hall–Kier alpha value is -1.23. The maximum atomic E-state index is 9.24. The van der Waals surface area contributed by atoms with E-state index < -0.39 is 0 Å². The maximum Gasteiger partial charge on any atom is 0.115 e. The molecule has 3 heteroatoms. The molecule has 2 aromatic rings. The zero-order valence-corrected chi connectivity index (χ0v) is 13.1. The summed E-state index contributed by atoms with van der Waals surface area (Å²) < 4.78 is 1.25. The second kappa shape index (κ2) is 6.80. The van der Waals surface area contributed by atoms with Crippen LogP contribution in [0, 0.1) is 3.57 Å². The summed E-state index contributed by atoms with van der Waals surface area (Å²) in [5.74, 6) is 0.328. The van der Waals surface area contributed by atoms with Crippen molar-refractivity contribution in [2.24, 2.45) is 0 Å². The topological polar surface area (TPSA) is 32.3 Å². The van der Waals surface area contributed by atoms with Gasteiger partial charge in [-0.05, 0) is 84.3 Å². The predicted molar refractivity (Wildman–Crippen MR) is 88.7 cm³/mol. The molecule has 0 amide bonds. The van der Waals surface area contributed by atoms with Gasteiger partial charge in [0.15, 0.2) is 0 Å². The molecule has 0 heterocycles. The zero-order valence-electron chi connectivity index (χ0n) is 10.9. The highest BCUT2D eigenvalue weighted by Crippen LogP contribution is 2.15. The van der Waals surface area contributed by atoms with Gasteiger partial charge in [-0.2, -0.15) is 0 Å². The van der Waals surface area contributed by atoms with Gasteiger partial charge >= 0.3 is 0 Å². The van der Waals surface area contributed by atoms with E-state index in [4.69, 9.17) is 0 Å². The average molecular weight is 367 g/mol. The number of nitrogens with one attached hydrogen (secondary N) is 1. The largest absolute Gasteiger partial charge is 0.508 e. The molecule has 0 saturated carbocycles. The minimum Gasteiger partial charge on any atom is -0.508 e. The van der Waals surface area contributed by atoms with E-state index in [1.165, 1.54) is 14.8 Å². The molecule has 0 radical (unpaired) electrons. The van der Waals surface area contributed by atoms with Gasteiger partial charge in [-0.3, -0.25) is 0 Å². The summed E-state index contributed by atoms with van der Waals surface area (Å²) in [4.78, 5) is 0. The van der Waals surface area contributed by atoms with Crippen molar-refractivity contribution in [2.45, 2.75) is 25.8 Å². The molecule has 0 fully saturated rings. The van der Waals surface area contributed by atoms with E-state index in [1.54, 1.807) is 12.1 Å². The maximum absolute atomic E-state index is 9.24.